The second-order valence-corrected chi connectivity index (χ2v) is 10.3. The molecule has 0 aliphatic carbocycles. The molecule has 1 N–H and O–H groups in total. The summed E-state index contributed by atoms with van der Waals surface area (Å²) >= 11 is 0. The molecule has 0 bridgehead atoms. The highest BCUT2D eigenvalue weighted by molar-refractivity contribution is 7.89. The summed E-state index contributed by atoms with van der Waals surface area (Å²) in [5.74, 6) is 1.19. The van der Waals surface area contributed by atoms with Gasteiger partial charge in [0.2, 0.25) is 15.9 Å². The molecule has 1 atom stereocenters. The molecule has 1 aliphatic heterocycles. The number of carbonyl (C=O) groups is 1. The number of rotatable bonds is 6. The predicted octanol–water partition coefficient (Wildman–Crippen LogP) is 3.22. The number of nitrogens with zero attached hydrogens (tertiary/aromatic N) is 4. The number of aromatic nitrogens is 3. The summed E-state index contributed by atoms with van der Waals surface area (Å²) in [6.45, 7) is 7.38. The van der Waals surface area contributed by atoms with Crippen LogP contribution < -0.4 is 5.32 Å². The molecule has 31 heavy (non-hydrogen) atoms. The van der Waals surface area contributed by atoms with Gasteiger partial charge in [0.25, 0.3) is 0 Å². The van der Waals surface area contributed by atoms with Crippen LogP contribution in [0, 0.1) is 5.92 Å². The Balaban J connectivity index is 1.58. The van der Waals surface area contributed by atoms with Gasteiger partial charge in [0, 0.05) is 44.4 Å². The number of pyridine rings is 1. The maximum absolute atomic E-state index is 13.2. The molecule has 0 saturated carbocycles. The Kier molecular flexibility index (Phi) is 5.81. The molecule has 164 valence electrons. The number of nitrogens with one attached hydrogen (secondary N) is 1. The molecule has 2 aromatic heterocycles. The Hall–Kier alpha value is -2.78. The van der Waals surface area contributed by atoms with Gasteiger partial charge in [-0.15, -0.1) is 0 Å². The van der Waals surface area contributed by atoms with Crippen molar-refractivity contribution in [1.29, 1.82) is 0 Å². The lowest BCUT2D eigenvalue weighted by atomic mass is 10.1. The number of amides is 1. The fourth-order valence-corrected chi connectivity index (χ4v) is 5.58. The van der Waals surface area contributed by atoms with E-state index in [1.807, 2.05) is 12.3 Å². The number of carbonyl (C=O) groups excluding carboxylic acids is 1. The highest BCUT2D eigenvalue weighted by atomic mass is 32.2. The molecule has 8 nitrogen and oxygen atoms in total. The average molecular weight is 442 g/mol. The first-order chi connectivity index (χ1) is 14.8. The normalized spacial score (nSPS) is 17.5. The van der Waals surface area contributed by atoms with Crippen LogP contribution in [-0.4, -0.2) is 46.3 Å². The third kappa shape index (κ3) is 4.33. The molecule has 3 aromatic rings. The SMILES string of the molecule is CC(=O)Nc1ccc(S(=O)(=O)N2CC[C@@H](c3nc4ccncc4n3CC(C)C)C2)cc1. The minimum Gasteiger partial charge on any atom is -0.326 e. The van der Waals surface area contributed by atoms with E-state index < -0.39 is 10.0 Å². The second kappa shape index (κ2) is 8.39. The van der Waals surface area contributed by atoms with E-state index in [2.05, 4.69) is 28.7 Å². The van der Waals surface area contributed by atoms with Gasteiger partial charge < -0.3 is 9.88 Å². The zero-order valence-corrected chi connectivity index (χ0v) is 18.8. The van der Waals surface area contributed by atoms with E-state index in [-0.39, 0.29) is 16.7 Å². The predicted molar refractivity (Wildman–Crippen MR) is 119 cm³/mol. The molecule has 0 radical (unpaired) electrons. The minimum absolute atomic E-state index is 0.0274. The fraction of sp³-hybridized carbons (Fsp3) is 0.409. The molecule has 1 aliphatic rings. The van der Waals surface area contributed by atoms with Crippen LogP contribution >= 0.6 is 0 Å². The zero-order chi connectivity index (χ0) is 22.2. The number of hydrogen-bond acceptors (Lipinski definition) is 5. The van der Waals surface area contributed by atoms with E-state index >= 15 is 0 Å². The Bertz CT molecular complexity index is 1200. The van der Waals surface area contributed by atoms with Gasteiger partial charge in [-0.3, -0.25) is 9.78 Å². The lowest BCUT2D eigenvalue weighted by molar-refractivity contribution is -0.114. The maximum atomic E-state index is 13.2. The molecule has 3 heterocycles. The molecule has 0 unspecified atom stereocenters. The highest BCUT2D eigenvalue weighted by Gasteiger charge is 2.35. The lowest BCUT2D eigenvalue weighted by Crippen LogP contribution is -2.29. The molecular formula is C22H27N5O3S. The van der Waals surface area contributed by atoms with Crippen LogP contribution in [0.15, 0.2) is 47.6 Å². The van der Waals surface area contributed by atoms with Crippen LogP contribution in [0.3, 0.4) is 0 Å². The molecule has 1 aromatic carbocycles. The van der Waals surface area contributed by atoms with Crippen molar-refractivity contribution in [3.8, 4) is 0 Å². The first-order valence-corrected chi connectivity index (χ1v) is 11.9. The number of anilines is 1. The van der Waals surface area contributed by atoms with Crippen molar-refractivity contribution < 1.29 is 13.2 Å². The first kappa shape index (κ1) is 21.5. The summed E-state index contributed by atoms with van der Waals surface area (Å²) in [6, 6.07) is 8.19. The molecular weight excluding hydrogens is 414 g/mol. The van der Waals surface area contributed by atoms with Gasteiger partial charge in [0.15, 0.2) is 0 Å². The molecule has 1 saturated heterocycles. The van der Waals surface area contributed by atoms with Gasteiger partial charge >= 0.3 is 0 Å². The third-order valence-electron chi connectivity index (χ3n) is 5.46. The van der Waals surface area contributed by atoms with Crippen molar-refractivity contribution in [2.24, 2.45) is 5.92 Å². The second-order valence-electron chi connectivity index (χ2n) is 8.39. The van der Waals surface area contributed by atoms with Gasteiger partial charge in [-0.05, 0) is 42.7 Å². The molecule has 9 heteroatoms. The lowest BCUT2D eigenvalue weighted by Gasteiger charge is -2.18. The van der Waals surface area contributed by atoms with Gasteiger partial charge in [0.05, 0.1) is 22.1 Å². The van der Waals surface area contributed by atoms with Crippen molar-refractivity contribution in [3.63, 3.8) is 0 Å². The topological polar surface area (TPSA) is 97.2 Å². The van der Waals surface area contributed by atoms with Gasteiger partial charge in [-0.1, -0.05) is 13.8 Å². The van der Waals surface area contributed by atoms with E-state index in [9.17, 15) is 13.2 Å². The third-order valence-corrected chi connectivity index (χ3v) is 7.34. The minimum atomic E-state index is -3.62. The molecule has 4 rings (SSSR count). The van der Waals surface area contributed by atoms with Crippen molar-refractivity contribution in [2.75, 3.05) is 18.4 Å². The fourth-order valence-electron chi connectivity index (χ4n) is 4.08. The Morgan fingerprint density at radius 3 is 2.65 bits per heavy atom. The summed E-state index contributed by atoms with van der Waals surface area (Å²) in [5.41, 5.74) is 2.45. The van der Waals surface area contributed by atoms with Crippen LogP contribution in [0.2, 0.25) is 0 Å². The number of hydrogen-bond donors (Lipinski definition) is 1. The quantitative estimate of drug-likeness (QED) is 0.633. The smallest absolute Gasteiger partial charge is 0.243 e. The molecule has 0 spiro atoms. The number of imidazole rings is 1. The van der Waals surface area contributed by atoms with Crippen molar-refractivity contribution in [2.45, 2.75) is 44.6 Å². The highest BCUT2D eigenvalue weighted by Crippen LogP contribution is 2.33. The summed E-state index contributed by atoms with van der Waals surface area (Å²) in [5, 5.41) is 2.65. The largest absolute Gasteiger partial charge is 0.326 e. The van der Waals surface area contributed by atoms with E-state index in [1.54, 1.807) is 18.3 Å². The number of fused-ring (bicyclic) bond motifs is 1. The molecule has 1 amide bonds. The average Bonchev–Trinajstić information content (AvgIpc) is 3.33. The Morgan fingerprint density at radius 1 is 1.23 bits per heavy atom. The Labute approximate surface area is 182 Å². The van der Waals surface area contributed by atoms with Gasteiger partial charge in [-0.25, -0.2) is 13.4 Å². The van der Waals surface area contributed by atoms with E-state index in [1.165, 1.54) is 23.4 Å². The van der Waals surface area contributed by atoms with E-state index in [0.717, 1.165) is 29.8 Å². The molecule has 1 fully saturated rings. The summed E-state index contributed by atoms with van der Waals surface area (Å²) in [4.78, 5) is 20.5. The summed E-state index contributed by atoms with van der Waals surface area (Å²) in [6.07, 6.45) is 4.28. The standard InChI is InChI=1S/C22H27N5O3S/c1-15(2)13-27-21-12-23-10-8-20(21)25-22(27)17-9-11-26(14-17)31(29,30)19-6-4-18(5-7-19)24-16(3)28/h4-8,10,12,15,17H,9,11,13-14H2,1-3H3,(H,24,28)/t17-/m1/s1. The van der Waals surface area contributed by atoms with Crippen molar-refractivity contribution in [3.05, 3.63) is 48.5 Å². The van der Waals surface area contributed by atoms with Crippen LogP contribution in [-0.2, 0) is 21.4 Å². The van der Waals surface area contributed by atoms with E-state index in [0.29, 0.717) is 24.7 Å². The van der Waals surface area contributed by atoms with Gasteiger partial charge in [-0.2, -0.15) is 4.31 Å². The summed E-state index contributed by atoms with van der Waals surface area (Å²) in [7, 11) is -3.62. The van der Waals surface area contributed by atoms with Gasteiger partial charge in [0.1, 0.15) is 5.82 Å². The zero-order valence-electron chi connectivity index (χ0n) is 17.9. The van der Waals surface area contributed by atoms with Crippen LogP contribution in [0.5, 0.6) is 0 Å². The summed E-state index contributed by atoms with van der Waals surface area (Å²) < 4.78 is 30.1. The number of sulfonamides is 1. The van der Waals surface area contributed by atoms with Crippen molar-refractivity contribution in [1.82, 2.24) is 18.8 Å². The van der Waals surface area contributed by atoms with Crippen LogP contribution in [0.25, 0.3) is 11.0 Å². The first-order valence-electron chi connectivity index (χ1n) is 10.4. The van der Waals surface area contributed by atoms with Crippen LogP contribution in [0.1, 0.15) is 38.9 Å². The van der Waals surface area contributed by atoms with E-state index in [4.69, 9.17) is 4.98 Å². The number of benzene rings is 1. The van der Waals surface area contributed by atoms with Crippen molar-refractivity contribution >= 4 is 32.7 Å². The van der Waals surface area contributed by atoms with Crippen LogP contribution in [0.4, 0.5) is 5.69 Å². The maximum Gasteiger partial charge on any atom is 0.243 e. The monoisotopic (exact) mass is 441 g/mol. The Morgan fingerprint density at radius 2 is 1.97 bits per heavy atom.